The molecule has 3 aromatic heterocycles. The highest BCUT2D eigenvalue weighted by molar-refractivity contribution is 5.76. The van der Waals surface area contributed by atoms with E-state index >= 15 is 0 Å². The van der Waals surface area contributed by atoms with Crippen LogP contribution in [0.2, 0.25) is 0 Å². The molecule has 0 spiro atoms. The van der Waals surface area contributed by atoms with Crippen LogP contribution in [0.3, 0.4) is 0 Å². The molecule has 0 unspecified atom stereocenters. The monoisotopic (exact) mass is 392 g/mol. The number of ether oxygens (including phenoxy) is 1. The van der Waals surface area contributed by atoms with Gasteiger partial charge in [-0.1, -0.05) is 0 Å². The number of benzene rings is 1. The van der Waals surface area contributed by atoms with Crippen molar-refractivity contribution in [1.82, 2.24) is 19.2 Å². The van der Waals surface area contributed by atoms with Crippen molar-refractivity contribution in [2.24, 2.45) is 7.05 Å². The van der Waals surface area contributed by atoms with E-state index < -0.39 is 0 Å². The smallest absolute Gasteiger partial charge is 0.168 e. The highest BCUT2D eigenvalue weighted by Crippen LogP contribution is 2.31. The van der Waals surface area contributed by atoms with Gasteiger partial charge in [-0.15, -0.1) is 0 Å². The first kappa shape index (κ1) is 18.9. The van der Waals surface area contributed by atoms with Gasteiger partial charge in [0.1, 0.15) is 22.9 Å². The molecule has 29 heavy (non-hydrogen) atoms. The minimum absolute atomic E-state index is 0.366. The number of rotatable bonds is 6. The van der Waals surface area contributed by atoms with Crippen LogP contribution in [0.15, 0.2) is 42.7 Å². The topological polar surface area (TPSA) is 61.4 Å². The van der Waals surface area contributed by atoms with Gasteiger partial charge in [0, 0.05) is 42.6 Å². The standard InChI is InChI=1S/C22H21FN4O2/c1-14-19(15(2)26(3)25-14)8-9-29-21-10-17(23)5-6-20(21)16-4-7-22-24-11-18(13-28)27(22)12-16/h4-7,10-13H,8-9H2,1-3H3. The molecular formula is C22H21FN4O2. The number of hydrogen-bond acceptors (Lipinski definition) is 4. The van der Waals surface area contributed by atoms with Crippen LogP contribution in [0.5, 0.6) is 5.75 Å². The summed E-state index contributed by atoms with van der Waals surface area (Å²) in [4.78, 5) is 15.4. The lowest BCUT2D eigenvalue weighted by Gasteiger charge is -2.13. The maximum Gasteiger partial charge on any atom is 0.168 e. The Hall–Kier alpha value is -3.48. The molecule has 7 heteroatoms. The van der Waals surface area contributed by atoms with Crippen molar-refractivity contribution in [3.8, 4) is 16.9 Å². The summed E-state index contributed by atoms with van der Waals surface area (Å²) >= 11 is 0. The number of pyridine rings is 1. The molecule has 0 atom stereocenters. The Labute approximate surface area is 167 Å². The molecule has 0 aliphatic heterocycles. The largest absolute Gasteiger partial charge is 0.492 e. The fourth-order valence-corrected chi connectivity index (χ4v) is 3.54. The first-order chi connectivity index (χ1) is 14.0. The average molecular weight is 392 g/mol. The number of aldehydes is 1. The zero-order valence-corrected chi connectivity index (χ0v) is 16.5. The van der Waals surface area contributed by atoms with Gasteiger partial charge < -0.3 is 4.74 Å². The summed E-state index contributed by atoms with van der Waals surface area (Å²) in [5.41, 5.74) is 5.89. The molecule has 4 aromatic rings. The lowest BCUT2D eigenvalue weighted by Crippen LogP contribution is -2.05. The van der Waals surface area contributed by atoms with Gasteiger partial charge in [0.05, 0.1) is 18.5 Å². The minimum atomic E-state index is -0.366. The van der Waals surface area contributed by atoms with Gasteiger partial charge in [0.25, 0.3) is 0 Å². The molecule has 0 saturated carbocycles. The number of hydrogen-bond donors (Lipinski definition) is 0. The molecule has 148 valence electrons. The number of imidazole rings is 1. The molecule has 4 rings (SSSR count). The molecule has 0 saturated heterocycles. The normalized spacial score (nSPS) is 11.2. The van der Waals surface area contributed by atoms with Crippen LogP contribution < -0.4 is 4.74 Å². The van der Waals surface area contributed by atoms with Crippen molar-refractivity contribution in [1.29, 1.82) is 0 Å². The summed E-state index contributed by atoms with van der Waals surface area (Å²) in [5, 5.41) is 4.42. The second kappa shape index (κ2) is 7.50. The van der Waals surface area contributed by atoms with E-state index in [0.717, 1.165) is 34.4 Å². The number of fused-ring (bicyclic) bond motifs is 1. The van der Waals surface area contributed by atoms with E-state index in [9.17, 15) is 9.18 Å². The minimum Gasteiger partial charge on any atom is -0.492 e. The highest BCUT2D eigenvalue weighted by atomic mass is 19.1. The Bertz CT molecular complexity index is 1210. The fraction of sp³-hybridized carbons (Fsp3) is 0.227. The van der Waals surface area contributed by atoms with Crippen molar-refractivity contribution in [2.75, 3.05) is 6.61 Å². The average Bonchev–Trinajstić information content (AvgIpc) is 3.22. The third-order valence-electron chi connectivity index (χ3n) is 5.18. The number of halogens is 1. The quantitative estimate of drug-likeness (QED) is 0.467. The van der Waals surface area contributed by atoms with Crippen molar-refractivity contribution in [2.45, 2.75) is 20.3 Å². The van der Waals surface area contributed by atoms with Crippen LogP contribution in [0.1, 0.15) is 27.4 Å². The van der Waals surface area contributed by atoms with Crippen LogP contribution >= 0.6 is 0 Å². The van der Waals surface area contributed by atoms with Crippen LogP contribution in [-0.4, -0.2) is 32.1 Å². The molecule has 0 radical (unpaired) electrons. The molecular weight excluding hydrogens is 371 g/mol. The molecule has 0 aliphatic rings. The van der Waals surface area contributed by atoms with Gasteiger partial charge in [-0.25, -0.2) is 9.37 Å². The van der Waals surface area contributed by atoms with Gasteiger partial charge >= 0.3 is 0 Å². The number of carbonyl (C=O) groups is 1. The molecule has 3 heterocycles. The van der Waals surface area contributed by atoms with Crippen molar-refractivity contribution in [3.05, 3.63) is 71.2 Å². The summed E-state index contributed by atoms with van der Waals surface area (Å²) < 4.78 is 23.4. The van der Waals surface area contributed by atoms with E-state index in [1.165, 1.54) is 18.3 Å². The molecule has 0 N–H and O–H groups in total. The number of nitrogens with zero attached hydrogens (tertiary/aromatic N) is 4. The summed E-state index contributed by atoms with van der Waals surface area (Å²) in [5.74, 6) is 0.0890. The molecule has 0 bridgehead atoms. The van der Waals surface area contributed by atoms with Crippen molar-refractivity contribution >= 4 is 11.9 Å². The molecule has 1 aromatic carbocycles. The predicted molar refractivity (Wildman–Crippen MR) is 108 cm³/mol. The molecule has 6 nitrogen and oxygen atoms in total. The Balaban J connectivity index is 1.63. The van der Waals surface area contributed by atoms with Crippen molar-refractivity contribution < 1.29 is 13.9 Å². The Morgan fingerprint density at radius 2 is 2.03 bits per heavy atom. The van der Waals surface area contributed by atoms with Gasteiger partial charge in [0.2, 0.25) is 0 Å². The maximum atomic E-state index is 13.9. The van der Waals surface area contributed by atoms with Crippen LogP contribution in [0.4, 0.5) is 4.39 Å². The Morgan fingerprint density at radius 1 is 1.21 bits per heavy atom. The van der Waals surface area contributed by atoms with Gasteiger partial charge in [-0.3, -0.25) is 13.9 Å². The highest BCUT2D eigenvalue weighted by Gasteiger charge is 2.13. The van der Waals surface area contributed by atoms with E-state index in [1.54, 1.807) is 10.5 Å². The number of carbonyl (C=O) groups excluding carboxylic acids is 1. The summed E-state index contributed by atoms with van der Waals surface area (Å²) in [7, 11) is 1.91. The molecule has 0 amide bonds. The first-order valence-electron chi connectivity index (χ1n) is 9.32. The van der Waals surface area contributed by atoms with Gasteiger partial charge in [-0.05, 0) is 43.7 Å². The zero-order valence-electron chi connectivity index (χ0n) is 16.5. The first-order valence-corrected chi connectivity index (χ1v) is 9.32. The van der Waals surface area contributed by atoms with E-state index in [2.05, 4.69) is 10.1 Å². The Kier molecular flexibility index (Phi) is 4.88. The summed E-state index contributed by atoms with van der Waals surface area (Å²) in [6.07, 6.45) is 4.76. The summed E-state index contributed by atoms with van der Waals surface area (Å²) in [6.45, 7) is 4.39. The van der Waals surface area contributed by atoms with Crippen molar-refractivity contribution in [3.63, 3.8) is 0 Å². The number of aryl methyl sites for hydroxylation is 2. The van der Waals surface area contributed by atoms with E-state index in [1.807, 2.05) is 43.9 Å². The van der Waals surface area contributed by atoms with Crippen LogP contribution in [-0.2, 0) is 13.5 Å². The Morgan fingerprint density at radius 3 is 2.76 bits per heavy atom. The SMILES string of the molecule is Cc1nn(C)c(C)c1CCOc1cc(F)ccc1-c1ccc2ncc(C=O)n2c1. The third-order valence-corrected chi connectivity index (χ3v) is 5.18. The van der Waals surface area contributed by atoms with E-state index in [0.29, 0.717) is 30.1 Å². The van der Waals surface area contributed by atoms with E-state index in [4.69, 9.17) is 4.74 Å². The van der Waals surface area contributed by atoms with Gasteiger partial charge in [0.15, 0.2) is 6.29 Å². The lowest BCUT2D eigenvalue weighted by atomic mass is 10.1. The predicted octanol–water partition coefficient (Wildman–Crippen LogP) is 3.92. The lowest BCUT2D eigenvalue weighted by molar-refractivity contribution is 0.111. The second-order valence-corrected chi connectivity index (χ2v) is 6.96. The second-order valence-electron chi connectivity index (χ2n) is 6.96. The zero-order chi connectivity index (χ0) is 20.5. The fourth-order valence-electron chi connectivity index (χ4n) is 3.54. The van der Waals surface area contributed by atoms with Crippen LogP contribution in [0, 0.1) is 19.7 Å². The van der Waals surface area contributed by atoms with E-state index in [-0.39, 0.29) is 5.82 Å². The molecule has 0 aliphatic carbocycles. The third kappa shape index (κ3) is 3.51. The molecule has 0 fully saturated rings. The number of aromatic nitrogens is 4. The summed E-state index contributed by atoms with van der Waals surface area (Å²) in [6, 6.07) is 8.17. The maximum absolute atomic E-state index is 13.9. The van der Waals surface area contributed by atoms with Crippen LogP contribution in [0.25, 0.3) is 16.8 Å². The van der Waals surface area contributed by atoms with Gasteiger partial charge in [-0.2, -0.15) is 5.10 Å².